The number of hydrogen-bond acceptors (Lipinski definition) is 4. The van der Waals surface area contributed by atoms with Crippen molar-refractivity contribution in [1.82, 2.24) is 25.4 Å². The molecule has 0 bridgehead atoms. The van der Waals surface area contributed by atoms with Crippen LogP contribution in [-0.4, -0.2) is 40.4 Å². The molecular weight excluding hydrogens is 354 g/mol. The average Bonchev–Trinajstić information content (AvgIpc) is 3.04. The van der Waals surface area contributed by atoms with Gasteiger partial charge in [-0.15, -0.1) is 0 Å². The van der Waals surface area contributed by atoms with Gasteiger partial charge in [0, 0.05) is 31.7 Å². The van der Waals surface area contributed by atoms with Gasteiger partial charge in [0.15, 0.2) is 11.8 Å². The normalized spacial score (nSPS) is 16.9. The van der Waals surface area contributed by atoms with Gasteiger partial charge in [-0.1, -0.05) is 0 Å². The average molecular weight is 378 g/mol. The molecular formula is C18H24F2N6O. The predicted molar refractivity (Wildman–Crippen MR) is 97.2 cm³/mol. The van der Waals surface area contributed by atoms with Crippen LogP contribution in [0.2, 0.25) is 0 Å². The summed E-state index contributed by atoms with van der Waals surface area (Å²) in [5.74, 6) is 1.25. The molecule has 0 radical (unpaired) electrons. The van der Waals surface area contributed by atoms with Gasteiger partial charge < -0.3 is 15.4 Å². The van der Waals surface area contributed by atoms with E-state index in [1.54, 1.807) is 7.11 Å². The van der Waals surface area contributed by atoms with E-state index in [1.165, 1.54) is 6.07 Å². The zero-order chi connectivity index (χ0) is 19.2. The van der Waals surface area contributed by atoms with E-state index in [-0.39, 0.29) is 18.2 Å². The molecule has 1 atom stereocenters. The topological polar surface area (TPSA) is 76.4 Å². The standard InChI is InChI=1S/C18H24F2N6O/c1-3-21-18(22-9-12-8-13(19)4-6-15(12)20)23-14-5-7-17-24-16(11-27-2)25-26(17)10-14/h4,6,8,14H,3,5,7,9-11H2,1-2H3,(H2,21,22,23). The van der Waals surface area contributed by atoms with E-state index in [1.807, 2.05) is 11.6 Å². The molecule has 1 aliphatic rings. The Hall–Kier alpha value is -2.55. The van der Waals surface area contributed by atoms with Crippen LogP contribution in [-0.2, 0) is 30.9 Å². The number of aliphatic imine (C=N–C) groups is 1. The Morgan fingerprint density at radius 3 is 3.04 bits per heavy atom. The van der Waals surface area contributed by atoms with Crippen molar-refractivity contribution >= 4 is 5.96 Å². The van der Waals surface area contributed by atoms with Crippen LogP contribution < -0.4 is 10.6 Å². The molecule has 0 saturated heterocycles. The Labute approximate surface area is 156 Å². The fraction of sp³-hybridized carbons (Fsp3) is 0.500. The van der Waals surface area contributed by atoms with Crippen molar-refractivity contribution in [3.8, 4) is 0 Å². The Morgan fingerprint density at radius 2 is 2.26 bits per heavy atom. The number of guanidine groups is 1. The number of aryl methyl sites for hydroxylation is 1. The Balaban J connectivity index is 1.66. The van der Waals surface area contributed by atoms with Gasteiger partial charge in [0.25, 0.3) is 0 Å². The van der Waals surface area contributed by atoms with Crippen molar-refractivity contribution in [3.63, 3.8) is 0 Å². The SMILES string of the molecule is CCNC(=NCc1cc(F)ccc1F)NC1CCc2nc(COC)nn2C1. The Morgan fingerprint density at radius 1 is 1.41 bits per heavy atom. The number of nitrogens with one attached hydrogen (secondary N) is 2. The number of benzene rings is 1. The number of ether oxygens (including phenoxy) is 1. The molecule has 0 aliphatic carbocycles. The van der Waals surface area contributed by atoms with Crippen molar-refractivity contribution in [1.29, 1.82) is 0 Å². The minimum Gasteiger partial charge on any atom is -0.377 e. The fourth-order valence-corrected chi connectivity index (χ4v) is 3.01. The molecule has 146 valence electrons. The van der Waals surface area contributed by atoms with Gasteiger partial charge in [0.2, 0.25) is 0 Å². The largest absolute Gasteiger partial charge is 0.377 e. The summed E-state index contributed by atoms with van der Waals surface area (Å²) in [6, 6.07) is 3.50. The summed E-state index contributed by atoms with van der Waals surface area (Å²) in [6.07, 6.45) is 1.68. The zero-order valence-corrected chi connectivity index (χ0v) is 15.5. The van der Waals surface area contributed by atoms with E-state index >= 15 is 0 Å². The summed E-state index contributed by atoms with van der Waals surface area (Å²) in [4.78, 5) is 8.85. The fourth-order valence-electron chi connectivity index (χ4n) is 3.01. The van der Waals surface area contributed by atoms with E-state index in [9.17, 15) is 8.78 Å². The van der Waals surface area contributed by atoms with Crippen LogP contribution in [0.3, 0.4) is 0 Å². The summed E-state index contributed by atoms with van der Waals surface area (Å²) in [5.41, 5.74) is 0.221. The summed E-state index contributed by atoms with van der Waals surface area (Å²) in [7, 11) is 1.62. The van der Waals surface area contributed by atoms with Gasteiger partial charge in [-0.3, -0.25) is 0 Å². The first kappa shape index (κ1) is 19.2. The van der Waals surface area contributed by atoms with Crippen LogP contribution in [0.25, 0.3) is 0 Å². The molecule has 1 aromatic carbocycles. The summed E-state index contributed by atoms with van der Waals surface area (Å²) in [6.45, 7) is 3.72. The first-order valence-corrected chi connectivity index (χ1v) is 8.99. The van der Waals surface area contributed by atoms with Gasteiger partial charge in [-0.05, 0) is 31.5 Å². The van der Waals surface area contributed by atoms with Crippen LogP contribution in [0.1, 0.15) is 30.6 Å². The van der Waals surface area contributed by atoms with Crippen molar-refractivity contribution in [3.05, 3.63) is 47.0 Å². The van der Waals surface area contributed by atoms with Gasteiger partial charge in [0.05, 0.1) is 13.1 Å². The quantitative estimate of drug-likeness (QED) is 0.592. The lowest BCUT2D eigenvalue weighted by molar-refractivity contribution is 0.177. The Kier molecular flexibility index (Phi) is 6.33. The number of methoxy groups -OCH3 is 1. The Bertz CT molecular complexity index is 807. The molecule has 9 heteroatoms. The van der Waals surface area contributed by atoms with Crippen LogP contribution in [0.5, 0.6) is 0 Å². The third-order valence-electron chi connectivity index (χ3n) is 4.28. The van der Waals surface area contributed by atoms with E-state index in [2.05, 4.69) is 25.7 Å². The van der Waals surface area contributed by atoms with Crippen molar-refractivity contribution in [2.75, 3.05) is 13.7 Å². The summed E-state index contributed by atoms with van der Waals surface area (Å²) in [5, 5.41) is 10.9. The highest BCUT2D eigenvalue weighted by atomic mass is 19.1. The van der Waals surface area contributed by atoms with Gasteiger partial charge >= 0.3 is 0 Å². The lowest BCUT2D eigenvalue weighted by Gasteiger charge is -2.25. The van der Waals surface area contributed by atoms with Gasteiger partial charge in [0.1, 0.15) is 24.1 Å². The van der Waals surface area contributed by atoms with Crippen LogP contribution in [0.15, 0.2) is 23.2 Å². The highest BCUT2D eigenvalue weighted by Crippen LogP contribution is 2.14. The maximum atomic E-state index is 13.8. The highest BCUT2D eigenvalue weighted by molar-refractivity contribution is 5.80. The molecule has 1 aliphatic heterocycles. The first-order valence-electron chi connectivity index (χ1n) is 8.99. The number of fused-ring (bicyclic) bond motifs is 1. The molecule has 7 nitrogen and oxygen atoms in total. The number of halogens is 2. The first-order chi connectivity index (χ1) is 13.1. The van der Waals surface area contributed by atoms with Gasteiger partial charge in [-0.2, -0.15) is 5.10 Å². The highest BCUT2D eigenvalue weighted by Gasteiger charge is 2.22. The maximum absolute atomic E-state index is 13.8. The second kappa shape index (κ2) is 8.90. The number of nitrogens with zero attached hydrogens (tertiary/aromatic N) is 4. The number of hydrogen-bond donors (Lipinski definition) is 2. The minimum atomic E-state index is -0.475. The molecule has 0 saturated carbocycles. The van der Waals surface area contributed by atoms with Crippen LogP contribution in [0, 0.1) is 11.6 Å². The van der Waals surface area contributed by atoms with E-state index < -0.39 is 11.6 Å². The minimum absolute atomic E-state index is 0.0538. The van der Waals surface area contributed by atoms with E-state index in [0.29, 0.717) is 31.5 Å². The van der Waals surface area contributed by atoms with Crippen molar-refractivity contribution in [2.24, 2.45) is 4.99 Å². The molecule has 2 N–H and O–H groups in total. The molecule has 1 unspecified atom stereocenters. The summed E-state index contributed by atoms with van der Waals surface area (Å²) >= 11 is 0. The monoisotopic (exact) mass is 378 g/mol. The van der Waals surface area contributed by atoms with Crippen molar-refractivity contribution < 1.29 is 13.5 Å². The molecule has 0 spiro atoms. The van der Waals surface area contributed by atoms with Crippen molar-refractivity contribution in [2.45, 2.75) is 45.5 Å². The molecule has 2 aromatic rings. The van der Waals surface area contributed by atoms with Gasteiger partial charge in [-0.25, -0.2) is 23.4 Å². The molecule has 0 amide bonds. The second-order valence-corrected chi connectivity index (χ2v) is 6.37. The predicted octanol–water partition coefficient (Wildman–Crippen LogP) is 1.77. The van der Waals surface area contributed by atoms with E-state index in [0.717, 1.165) is 30.8 Å². The van der Waals surface area contributed by atoms with Crippen LogP contribution in [0.4, 0.5) is 8.78 Å². The molecule has 2 heterocycles. The molecule has 27 heavy (non-hydrogen) atoms. The number of aromatic nitrogens is 3. The summed E-state index contributed by atoms with van der Waals surface area (Å²) < 4.78 is 34.1. The molecule has 0 fully saturated rings. The maximum Gasteiger partial charge on any atom is 0.191 e. The zero-order valence-electron chi connectivity index (χ0n) is 15.5. The third kappa shape index (κ3) is 5.00. The molecule has 3 rings (SSSR count). The smallest absolute Gasteiger partial charge is 0.191 e. The lowest BCUT2D eigenvalue weighted by atomic mass is 10.1. The second-order valence-electron chi connectivity index (χ2n) is 6.37. The lowest BCUT2D eigenvalue weighted by Crippen LogP contribution is -2.47. The third-order valence-corrected chi connectivity index (χ3v) is 4.28. The number of rotatable bonds is 6. The molecule has 1 aromatic heterocycles. The van der Waals surface area contributed by atoms with E-state index in [4.69, 9.17) is 4.74 Å². The van der Waals surface area contributed by atoms with Crippen LogP contribution >= 0.6 is 0 Å².